The van der Waals surface area contributed by atoms with E-state index < -0.39 is 36.0 Å². The minimum absolute atomic E-state index is 0.0471. The maximum atomic E-state index is 14.4. The van der Waals surface area contributed by atoms with Gasteiger partial charge in [-0.3, -0.25) is 19.3 Å². The van der Waals surface area contributed by atoms with Gasteiger partial charge in [-0.05, 0) is 63.0 Å². The predicted molar refractivity (Wildman–Crippen MR) is 172 cm³/mol. The van der Waals surface area contributed by atoms with E-state index in [1.807, 2.05) is 49.3 Å². The van der Waals surface area contributed by atoms with Gasteiger partial charge in [0.2, 0.25) is 5.91 Å². The highest BCUT2D eigenvalue weighted by Gasteiger charge is 2.46. The summed E-state index contributed by atoms with van der Waals surface area (Å²) in [4.78, 5) is 44.3. The molecule has 0 spiro atoms. The van der Waals surface area contributed by atoms with Gasteiger partial charge < -0.3 is 15.5 Å². The van der Waals surface area contributed by atoms with E-state index in [4.69, 9.17) is 5.10 Å². The van der Waals surface area contributed by atoms with Gasteiger partial charge in [0.25, 0.3) is 18.2 Å². The van der Waals surface area contributed by atoms with Gasteiger partial charge in [-0.25, -0.2) is 17.9 Å². The molecular formula is C35H35F3N6O3. The maximum absolute atomic E-state index is 14.4. The molecule has 47 heavy (non-hydrogen) atoms. The summed E-state index contributed by atoms with van der Waals surface area (Å²) in [6, 6.07) is 18.5. The first-order chi connectivity index (χ1) is 22.5. The summed E-state index contributed by atoms with van der Waals surface area (Å²) < 4.78 is 42.7. The standard InChI is InChI=1S/C35H35F3N6O3/c1-5-43-34-29(27(19-39-32(45)21(2)20-42(3)4)41-44(34)26-12-7-6-8-13-26)28(22-14-16-25(36)17-15-22)30(35(43)47)40-33(46)24-11-9-10-23(18-24)31(37)38/h6-18,28,30-31H,2,5,19-20H2,1,3-4H3,(H,39,45)(H,40,46)/t28-,30-/m0/s1. The van der Waals surface area contributed by atoms with Crippen molar-refractivity contribution in [3.05, 3.63) is 125 Å². The number of fused-ring (bicyclic) bond motifs is 1. The van der Waals surface area contributed by atoms with Gasteiger partial charge >= 0.3 is 0 Å². The Morgan fingerprint density at radius 2 is 1.72 bits per heavy atom. The first-order valence-corrected chi connectivity index (χ1v) is 15.0. The molecule has 0 bridgehead atoms. The molecule has 4 aromatic rings. The van der Waals surface area contributed by atoms with E-state index in [-0.39, 0.29) is 30.1 Å². The third kappa shape index (κ3) is 6.97. The van der Waals surface area contributed by atoms with Crippen molar-refractivity contribution >= 4 is 23.5 Å². The first kappa shape index (κ1) is 33.1. The molecule has 3 aromatic carbocycles. The SMILES string of the molecule is C=C(CN(C)C)C(=O)NCc1nn(-c2ccccc2)c2c1[C@H](c1ccc(F)cc1)[C@H](NC(=O)c1cccc(C(F)F)c1)C(=O)N2CC. The smallest absolute Gasteiger partial charge is 0.263 e. The van der Waals surface area contributed by atoms with Crippen molar-refractivity contribution in [3.8, 4) is 5.69 Å². The van der Waals surface area contributed by atoms with E-state index in [1.165, 1.54) is 47.4 Å². The van der Waals surface area contributed by atoms with Crippen LogP contribution in [0.4, 0.5) is 19.0 Å². The zero-order chi connectivity index (χ0) is 33.8. The van der Waals surface area contributed by atoms with Crippen LogP contribution in [0.5, 0.6) is 0 Å². The summed E-state index contributed by atoms with van der Waals surface area (Å²) in [5.74, 6) is -2.55. The van der Waals surface area contributed by atoms with Gasteiger partial charge in [-0.2, -0.15) is 5.10 Å². The number of rotatable bonds is 11. The lowest BCUT2D eigenvalue weighted by Crippen LogP contribution is -2.55. The molecule has 2 N–H and O–H groups in total. The highest BCUT2D eigenvalue weighted by atomic mass is 19.3. The van der Waals surface area contributed by atoms with E-state index in [1.54, 1.807) is 11.6 Å². The second-order valence-corrected chi connectivity index (χ2v) is 11.4. The van der Waals surface area contributed by atoms with Crippen LogP contribution >= 0.6 is 0 Å². The first-order valence-electron chi connectivity index (χ1n) is 15.0. The van der Waals surface area contributed by atoms with Crippen LogP contribution in [0.2, 0.25) is 0 Å². The molecule has 1 aliphatic rings. The molecule has 12 heteroatoms. The highest BCUT2D eigenvalue weighted by molar-refractivity contribution is 6.05. The van der Waals surface area contributed by atoms with Crippen molar-refractivity contribution in [1.29, 1.82) is 0 Å². The van der Waals surface area contributed by atoms with E-state index in [2.05, 4.69) is 17.2 Å². The summed E-state index contributed by atoms with van der Waals surface area (Å²) in [7, 11) is 3.64. The second kappa shape index (κ2) is 14.0. The number of anilines is 1. The molecule has 0 saturated carbocycles. The predicted octanol–water partition coefficient (Wildman–Crippen LogP) is 4.98. The van der Waals surface area contributed by atoms with E-state index in [9.17, 15) is 27.6 Å². The van der Waals surface area contributed by atoms with Crippen LogP contribution in [-0.2, 0) is 16.1 Å². The quantitative estimate of drug-likeness (QED) is 0.225. The van der Waals surface area contributed by atoms with E-state index >= 15 is 0 Å². The number of benzene rings is 3. The van der Waals surface area contributed by atoms with Gasteiger partial charge in [0, 0.05) is 41.3 Å². The maximum Gasteiger partial charge on any atom is 0.263 e. The van der Waals surface area contributed by atoms with Crippen LogP contribution in [0, 0.1) is 5.82 Å². The lowest BCUT2D eigenvalue weighted by Gasteiger charge is -2.38. The third-order valence-corrected chi connectivity index (χ3v) is 7.88. The minimum atomic E-state index is -2.79. The van der Waals surface area contributed by atoms with Gasteiger partial charge in [-0.1, -0.05) is 49.0 Å². The summed E-state index contributed by atoms with van der Waals surface area (Å²) in [6.45, 7) is 6.14. The molecule has 244 valence electrons. The molecule has 5 rings (SSSR count). The van der Waals surface area contributed by atoms with E-state index in [0.29, 0.717) is 40.4 Å². The van der Waals surface area contributed by atoms with Crippen LogP contribution in [0.1, 0.15) is 52.0 Å². The van der Waals surface area contributed by atoms with Crippen LogP contribution in [-0.4, -0.2) is 65.6 Å². The number of hydrogen-bond donors (Lipinski definition) is 2. The molecule has 0 unspecified atom stereocenters. The molecule has 2 atom stereocenters. The van der Waals surface area contributed by atoms with Gasteiger partial charge in [0.1, 0.15) is 17.7 Å². The topological polar surface area (TPSA) is 99.6 Å². The number of aromatic nitrogens is 2. The number of carbonyl (C=O) groups is 3. The van der Waals surface area contributed by atoms with Crippen LogP contribution in [0.15, 0.2) is 91.0 Å². The number of hydrogen-bond acceptors (Lipinski definition) is 5. The number of nitrogens with one attached hydrogen (secondary N) is 2. The number of carbonyl (C=O) groups excluding carboxylic acids is 3. The largest absolute Gasteiger partial charge is 0.347 e. The Morgan fingerprint density at radius 3 is 2.36 bits per heavy atom. The molecule has 1 aliphatic heterocycles. The number of alkyl halides is 2. The van der Waals surface area contributed by atoms with Crippen molar-refractivity contribution < 1.29 is 27.6 Å². The van der Waals surface area contributed by atoms with Crippen LogP contribution in [0.25, 0.3) is 5.69 Å². The minimum Gasteiger partial charge on any atom is -0.347 e. The summed E-state index contributed by atoms with van der Waals surface area (Å²) in [6.07, 6.45) is -2.79. The number of nitrogens with zero attached hydrogens (tertiary/aromatic N) is 4. The van der Waals surface area contributed by atoms with Gasteiger partial charge in [0.15, 0.2) is 0 Å². The number of para-hydroxylation sites is 1. The Morgan fingerprint density at radius 1 is 1.02 bits per heavy atom. The molecule has 2 heterocycles. The van der Waals surface area contributed by atoms with Crippen molar-refractivity contribution in [2.45, 2.75) is 31.9 Å². The number of amides is 3. The van der Waals surface area contributed by atoms with Gasteiger partial charge in [0.05, 0.1) is 17.9 Å². The molecule has 0 fully saturated rings. The molecule has 0 aliphatic carbocycles. The Hall–Kier alpha value is -5.23. The van der Waals surface area contributed by atoms with Crippen molar-refractivity contribution in [2.24, 2.45) is 0 Å². The summed E-state index contributed by atoms with van der Waals surface area (Å²) in [5.41, 5.74) is 2.05. The Kier molecular flexibility index (Phi) is 9.90. The van der Waals surface area contributed by atoms with Crippen LogP contribution in [0.3, 0.4) is 0 Å². The highest BCUT2D eigenvalue weighted by Crippen LogP contribution is 2.43. The molecule has 1 aromatic heterocycles. The second-order valence-electron chi connectivity index (χ2n) is 11.4. The van der Waals surface area contributed by atoms with E-state index in [0.717, 1.165) is 6.07 Å². The number of likely N-dealkylation sites (N-methyl/N-ethyl adjacent to an activating group) is 2. The molecular weight excluding hydrogens is 609 g/mol. The Balaban J connectivity index is 1.67. The Labute approximate surface area is 270 Å². The Bertz CT molecular complexity index is 1790. The van der Waals surface area contributed by atoms with Crippen molar-refractivity contribution in [1.82, 2.24) is 25.3 Å². The summed E-state index contributed by atoms with van der Waals surface area (Å²) >= 11 is 0. The normalized spacial score (nSPS) is 15.9. The van der Waals surface area contributed by atoms with Gasteiger partial charge in [-0.15, -0.1) is 0 Å². The third-order valence-electron chi connectivity index (χ3n) is 7.88. The summed E-state index contributed by atoms with van der Waals surface area (Å²) in [5, 5.41) is 10.5. The van der Waals surface area contributed by atoms with Crippen molar-refractivity contribution in [3.63, 3.8) is 0 Å². The molecule has 0 saturated heterocycles. The lowest BCUT2D eigenvalue weighted by molar-refractivity contribution is -0.121. The molecule has 0 radical (unpaired) electrons. The molecule has 9 nitrogen and oxygen atoms in total. The monoisotopic (exact) mass is 644 g/mol. The zero-order valence-corrected chi connectivity index (χ0v) is 26.2. The fraction of sp³-hybridized carbons (Fsp3) is 0.257. The van der Waals surface area contributed by atoms with Crippen molar-refractivity contribution in [2.75, 3.05) is 32.1 Å². The van der Waals surface area contributed by atoms with Crippen LogP contribution < -0.4 is 15.5 Å². The fourth-order valence-electron chi connectivity index (χ4n) is 5.77. The average molecular weight is 645 g/mol. The molecule has 3 amide bonds. The number of halogens is 3. The lowest BCUT2D eigenvalue weighted by atomic mass is 9.80. The zero-order valence-electron chi connectivity index (χ0n) is 26.2. The average Bonchev–Trinajstić information content (AvgIpc) is 3.43. The fourth-order valence-corrected chi connectivity index (χ4v) is 5.77.